The van der Waals surface area contributed by atoms with Crippen LogP contribution in [0.2, 0.25) is 0 Å². The Morgan fingerprint density at radius 2 is 1.80 bits per heavy atom. The number of benzene rings is 1. The molecular weight excluding hydrogens is 533 g/mol. The van der Waals surface area contributed by atoms with Crippen molar-refractivity contribution in [3.63, 3.8) is 0 Å². The van der Waals surface area contributed by atoms with Crippen LogP contribution in [-0.2, 0) is 35.1 Å². The summed E-state index contributed by atoms with van der Waals surface area (Å²) in [6.45, 7) is 11.1. The Balaban J connectivity index is 2.12. The first-order chi connectivity index (χ1) is 19.4. The molecule has 230 valence electrons. The highest BCUT2D eigenvalue weighted by Crippen LogP contribution is 2.26. The quantitative estimate of drug-likeness (QED) is 0.177. The fourth-order valence-electron chi connectivity index (χ4n) is 4.57. The van der Waals surface area contributed by atoms with Crippen LogP contribution in [0.15, 0.2) is 24.3 Å². The summed E-state index contributed by atoms with van der Waals surface area (Å²) in [5.74, 6) is -2.22. The standard InChI is InChI=1S/C29H46FN5O6/c1-6-41-28(39)22(18-20-9-11-21(30)12-10-20)33-26(37)23-8-7-15-35(23)27(38)24(29(3,4)5)34-25(36)19(2)32-14-17-40-16-13-31/h9-12,19,22-24,32H,6-8,13-18,31H2,1-5H3,(H,33,37)(H,34,36)/t19-,22-,23-,24+/m0/s1. The Kier molecular flexibility index (Phi) is 13.6. The van der Waals surface area contributed by atoms with Crippen molar-refractivity contribution in [2.75, 3.05) is 39.5 Å². The number of amides is 3. The third-order valence-corrected chi connectivity index (χ3v) is 6.83. The molecule has 2 rings (SSSR count). The van der Waals surface area contributed by atoms with Crippen molar-refractivity contribution in [2.24, 2.45) is 11.1 Å². The smallest absolute Gasteiger partial charge is 0.328 e. The van der Waals surface area contributed by atoms with E-state index in [1.807, 2.05) is 20.8 Å². The number of rotatable bonds is 15. The fourth-order valence-corrected chi connectivity index (χ4v) is 4.57. The highest BCUT2D eigenvalue weighted by Gasteiger charge is 2.43. The van der Waals surface area contributed by atoms with Gasteiger partial charge in [0.1, 0.15) is 23.9 Å². The molecule has 0 unspecified atom stereocenters. The molecule has 3 amide bonds. The predicted octanol–water partition coefficient (Wildman–Crippen LogP) is 0.891. The Bertz CT molecular complexity index is 1020. The molecule has 4 atom stereocenters. The van der Waals surface area contributed by atoms with Gasteiger partial charge >= 0.3 is 5.97 Å². The number of hydrogen-bond donors (Lipinski definition) is 4. The maximum absolute atomic E-state index is 13.8. The van der Waals surface area contributed by atoms with Crippen LogP contribution in [0.25, 0.3) is 0 Å². The number of carbonyl (C=O) groups excluding carboxylic acids is 4. The zero-order chi connectivity index (χ0) is 30.6. The first kappa shape index (κ1) is 34.1. The van der Waals surface area contributed by atoms with Crippen molar-refractivity contribution in [3.05, 3.63) is 35.6 Å². The van der Waals surface area contributed by atoms with Gasteiger partial charge in [0.25, 0.3) is 0 Å². The largest absolute Gasteiger partial charge is 0.464 e. The summed E-state index contributed by atoms with van der Waals surface area (Å²) in [6.07, 6.45) is 1.11. The molecule has 11 nitrogen and oxygen atoms in total. The van der Waals surface area contributed by atoms with Crippen molar-refractivity contribution in [1.29, 1.82) is 0 Å². The third kappa shape index (κ3) is 10.7. The molecule has 1 saturated heterocycles. The second-order valence-corrected chi connectivity index (χ2v) is 11.2. The number of carbonyl (C=O) groups is 4. The van der Waals surface area contributed by atoms with Crippen molar-refractivity contribution < 1.29 is 33.0 Å². The number of nitrogens with one attached hydrogen (secondary N) is 3. The first-order valence-electron chi connectivity index (χ1n) is 14.2. The number of ether oxygens (including phenoxy) is 2. The van der Waals surface area contributed by atoms with E-state index in [1.54, 1.807) is 26.0 Å². The zero-order valence-electron chi connectivity index (χ0n) is 24.8. The second-order valence-electron chi connectivity index (χ2n) is 11.2. The molecule has 41 heavy (non-hydrogen) atoms. The van der Waals surface area contributed by atoms with Crippen LogP contribution < -0.4 is 21.7 Å². The van der Waals surface area contributed by atoms with Crippen molar-refractivity contribution in [1.82, 2.24) is 20.9 Å². The molecule has 0 aliphatic carbocycles. The minimum atomic E-state index is -1.01. The van der Waals surface area contributed by atoms with Crippen molar-refractivity contribution in [2.45, 2.75) is 78.0 Å². The highest BCUT2D eigenvalue weighted by atomic mass is 19.1. The lowest BCUT2D eigenvalue weighted by Gasteiger charge is -2.36. The van der Waals surface area contributed by atoms with Gasteiger partial charge in [-0.25, -0.2) is 9.18 Å². The number of hydrogen-bond acceptors (Lipinski definition) is 8. The number of nitrogens with zero attached hydrogens (tertiary/aromatic N) is 1. The molecule has 1 aliphatic heterocycles. The average Bonchev–Trinajstić information content (AvgIpc) is 3.41. The molecule has 1 aromatic rings. The van der Waals surface area contributed by atoms with Crippen molar-refractivity contribution in [3.8, 4) is 0 Å². The summed E-state index contributed by atoms with van der Waals surface area (Å²) in [5.41, 5.74) is 5.41. The molecule has 1 heterocycles. The van der Waals surface area contributed by atoms with E-state index in [4.69, 9.17) is 15.2 Å². The van der Waals surface area contributed by atoms with Gasteiger partial charge in [-0.3, -0.25) is 14.4 Å². The molecule has 0 radical (unpaired) electrons. The van der Waals surface area contributed by atoms with Crippen LogP contribution in [0.1, 0.15) is 53.0 Å². The lowest BCUT2D eigenvalue weighted by Crippen LogP contribution is -2.60. The number of nitrogens with two attached hydrogens (primary N) is 1. The van der Waals surface area contributed by atoms with E-state index in [2.05, 4.69) is 16.0 Å². The van der Waals surface area contributed by atoms with E-state index in [-0.39, 0.29) is 24.8 Å². The molecule has 12 heteroatoms. The first-order valence-corrected chi connectivity index (χ1v) is 14.2. The lowest BCUT2D eigenvalue weighted by atomic mass is 9.85. The van der Waals surface area contributed by atoms with Crippen LogP contribution in [0.5, 0.6) is 0 Å². The molecule has 1 aromatic carbocycles. The monoisotopic (exact) mass is 579 g/mol. The summed E-state index contributed by atoms with van der Waals surface area (Å²) in [5, 5.41) is 8.68. The summed E-state index contributed by atoms with van der Waals surface area (Å²) >= 11 is 0. The number of esters is 1. The van der Waals surface area contributed by atoms with Gasteiger partial charge in [-0.1, -0.05) is 32.9 Å². The summed E-state index contributed by atoms with van der Waals surface area (Å²) in [6, 6.07) is 2.35. The molecular formula is C29H46FN5O6. The van der Waals surface area contributed by atoms with E-state index < -0.39 is 47.3 Å². The number of likely N-dealkylation sites (tertiary alicyclic amines) is 1. The topological polar surface area (TPSA) is 152 Å². The van der Waals surface area contributed by atoms with Crippen molar-refractivity contribution >= 4 is 23.7 Å². The van der Waals surface area contributed by atoms with Gasteiger partial charge in [0, 0.05) is 26.1 Å². The lowest BCUT2D eigenvalue weighted by molar-refractivity contribution is -0.149. The predicted molar refractivity (Wildman–Crippen MR) is 152 cm³/mol. The maximum Gasteiger partial charge on any atom is 0.328 e. The highest BCUT2D eigenvalue weighted by molar-refractivity contribution is 5.95. The van der Waals surface area contributed by atoms with E-state index >= 15 is 0 Å². The zero-order valence-corrected chi connectivity index (χ0v) is 24.8. The minimum absolute atomic E-state index is 0.105. The van der Waals surface area contributed by atoms with Gasteiger partial charge in [0.2, 0.25) is 17.7 Å². The molecule has 1 fully saturated rings. The van der Waals surface area contributed by atoms with Crippen LogP contribution in [0, 0.1) is 11.2 Å². The van der Waals surface area contributed by atoms with E-state index in [9.17, 15) is 23.6 Å². The molecule has 1 aliphatic rings. The molecule has 5 N–H and O–H groups in total. The Morgan fingerprint density at radius 1 is 1.12 bits per heavy atom. The van der Waals surface area contributed by atoms with Gasteiger partial charge in [-0.05, 0) is 49.8 Å². The third-order valence-electron chi connectivity index (χ3n) is 6.83. The van der Waals surface area contributed by atoms with E-state index in [0.29, 0.717) is 51.3 Å². The fraction of sp³-hybridized carbons (Fsp3) is 0.655. The van der Waals surface area contributed by atoms with E-state index in [1.165, 1.54) is 17.0 Å². The van der Waals surface area contributed by atoms with Gasteiger partial charge in [0.15, 0.2) is 0 Å². The van der Waals surface area contributed by atoms with Gasteiger partial charge in [-0.15, -0.1) is 0 Å². The molecule has 0 aromatic heterocycles. The second kappa shape index (κ2) is 16.4. The summed E-state index contributed by atoms with van der Waals surface area (Å²) < 4.78 is 23.8. The molecule has 0 saturated carbocycles. The molecule has 0 spiro atoms. The Morgan fingerprint density at radius 3 is 2.41 bits per heavy atom. The van der Waals surface area contributed by atoms with Gasteiger partial charge in [-0.2, -0.15) is 0 Å². The average molecular weight is 580 g/mol. The SMILES string of the molecule is CCOC(=O)[C@H](Cc1ccc(F)cc1)NC(=O)[C@@H]1CCCN1C(=O)[C@@H](NC(=O)[C@H](C)NCCOCCN)C(C)(C)C. The minimum Gasteiger partial charge on any atom is -0.464 e. The Hall–Kier alpha value is -3.09. The Labute approximate surface area is 242 Å². The van der Waals surface area contributed by atoms with Gasteiger partial charge < -0.3 is 36.1 Å². The maximum atomic E-state index is 13.8. The van der Waals surface area contributed by atoms with Gasteiger partial charge in [0.05, 0.1) is 25.9 Å². The normalized spacial score (nSPS) is 17.4. The van der Waals surface area contributed by atoms with Crippen LogP contribution in [0.4, 0.5) is 4.39 Å². The van der Waals surface area contributed by atoms with Crippen LogP contribution in [-0.4, -0.2) is 92.2 Å². The summed E-state index contributed by atoms with van der Waals surface area (Å²) in [4.78, 5) is 54.3. The molecule has 0 bridgehead atoms. The van der Waals surface area contributed by atoms with Crippen LogP contribution in [0.3, 0.4) is 0 Å². The summed E-state index contributed by atoms with van der Waals surface area (Å²) in [7, 11) is 0. The van der Waals surface area contributed by atoms with E-state index in [0.717, 1.165) is 0 Å². The van der Waals surface area contributed by atoms with Crippen LogP contribution >= 0.6 is 0 Å². The number of halogens is 1.